The Balaban J connectivity index is 0. The maximum Gasteiger partial charge on any atom is 0.155 e. The molecule has 0 radical (unpaired) electrons. The summed E-state index contributed by atoms with van der Waals surface area (Å²) in [4.78, 5) is 24.9. The average Bonchev–Trinajstić information content (AvgIpc) is 2.83. The number of ketones is 2. The number of nitrogens with one attached hydrogen (secondary N) is 2. The number of hydrogen-bond acceptors (Lipinski definition) is 4. The Labute approximate surface area is 251 Å². The second kappa shape index (κ2) is 22.4. The molecule has 0 spiro atoms. The van der Waals surface area contributed by atoms with Crippen molar-refractivity contribution < 1.29 is 9.59 Å². The van der Waals surface area contributed by atoms with Gasteiger partial charge in [0.05, 0.1) is 11.1 Å². The van der Waals surface area contributed by atoms with Crippen LogP contribution in [0, 0.1) is 11.8 Å². The van der Waals surface area contributed by atoms with Gasteiger partial charge in [-0.3, -0.25) is 9.59 Å². The molecule has 0 aromatic heterocycles. The number of carbonyl (C=O) groups excluding carboxylic acids is 2. The number of Topliss-reactive ketones (excluding diaryl/α,β-unsaturated/α-hetero) is 2. The highest BCUT2D eigenvalue weighted by Crippen LogP contribution is 2.23. The smallest absolute Gasteiger partial charge is 0.155 e. The minimum atomic E-state index is -0.360. The first-order valence-electron chi connectivity index (χ1n) is 16.4. The lowest BCUT2D eigenvalue weighted by Gasteiger charge is -2.33. The third-order valence-corrected chi connectivity index (χ3v) is 7.37. The molecule has 0 saturated heterocycles. The van der Waals surface area contributed by atoms with Gasteiger partial charge in [0.1, 0.15) is 0 Å². The van der Waals surface area contributed by atoms with E-state index in [-0.39, 0.29) is 22.9 Å². The first-order valence-corrected chi connectivity index (χ1v) is 16.4. The highest BCUT2D eigenvalue weighted by Gasteiger charge is 2.35. The topological polar surface area (TPSA) is 58.2 Å². The van der Waals surface area contributed by atoms with Crippen molar-refractivity contribution in [2.24, 2.45) is 11.8 Å². The predicted octanol–water partition coefficient (Wildman–Crippen LogP) is 9.77. The van der Waals surface area contributed by atoms with E-state index in [1.807, 2.05) is 33.8 Å². The van der Waals surface area contributed by atoms with Crippen LogP contribution in [0.1, 0.15) is 160 Å². The Kier molecular flexibility index (Phi) is 22.8. The molecule has 0 fully saturated rings. The van der Waals surface area contributed by atoms with Gasteiger partial charge in [-0.2, -0.15) is 0 Å². The lowest BCUT2D eigenvalue weighted by Crippen LogP contribution is -2.53. The van der Waals surface area contributed by atoms with Crippen LogP contribution in [-0.2, 0) is 9.59 Å². The normalized spacial score (nSPS) is 14.5. The van der Waals surface area contributed by atoms with Crippen LogP contribution in [0.25, 0.3) is 0 Å². The van der Waals surface area contributed by atoms with Gasteiger partial charge in [-0.1, -0.05) is 83.9 Å². The molecule has 2 N–H and O–H groups in total. The molecule has 0 aromatic rings. The molecule has 0 unspecified atom stereocenters. The molecule has 0 aliphatic heterocycles. The van der Waals surface area contributed by atoms with Crippen LogP contribution in [-0.4, -0.2) is 34.7 Å². The minimum Gasteiger partial charge on any atom is -0.303 e. The van der Waals surface area contributed by atoms with E-state index in [4.69, 9.17) is 0 Å². The maximum atomic E-state index is 12.5. The highest BCUT2D eigenvalue weighted by molar-refractivity contribution is 5.90. The molecule has 2 atom stereocenters. The van der Waals surface area contributed by atoms with Crippen molar-refractivity contribution in [1.82, 2.24) is 10.6 Å². The Morgan fingerprint density at radius 1 is 0.625 bits per heavy atom. The zero-order valence-corrected chi connectivity index (χ0v) is 29.0. The fraction of sp³-hybridized carbons (Fsp3) is 0.833. The van der Waals surface area contributed by atoms with Crippen molar-refractivity contribution in [3.63, 3.8) is 0 Å². The number of rotatable bonds is 22. The zero-order valence-electron chi connectivity index (χ0n) is 29.0. The van der Waals surface area contributed by atoms with Crippen molar-refractivity contribution in [3.05, 3.63) is 24.3 Å². The van der Waals surface area contributed by atoms with Gasteiger partial charge in [0.2, 0.25) is 0 Å². The van der Waals surface area contributed by atoms with Crippen LogP contribution >= 0.6 is 0 Å². The van der Waals surface area contributed by atoms with E-state index >= 15 is 0 Å². The molecule has 236 valence electrons. The van der Waals surface area contributed by atoms with E-state index in [0.29, 0.717) is 23.7 Å². The van der Waals surface area contributed by atoms with E-state index in [1.165, 1.54) is 50.5 Å². The number of allylic oxidation sites excluding steroid dienone is 3. The van der Waals surface area contributed by atoms with E-state index in [1.54, 1.807) is 0 Å². The van der Waals surface area contributed by atoms with Crippen LogP contribution in [0.5, 0.6) is 0 Å². The lowest BCUT2D eigenvalue weighted by atomic mass is 9.83. The Hall–Kier alpha value is -1.26. The molecule has 0 amide bonds. The molecule has 0 rings (SSSR count). The fourth-order valence-corrected chi connectivity index (χ4v) is 5.57. The summed E-state index contributed by atoms with van der Waals surface area (Å²) in [6, 6.07) is 0.684. The van der Waals surface area contributed by atoms with Gasteiger partial charge in [-0.05, 0) is 93.9 Å². The number of carbonyl (C=O) groups is 2. The minimum absolute atomic E-state index is 0.0945. The molecule has 0 saturated carbocycles. The molecule has 40 heavy (non-hydrogen) atoms. The predicted molar refractivity (Wildman–Crippen MR) is 178 cm³/mol. The van der Waals surface area contributed by atoms with Crippen LogP contribution in [0.15, 0.2) is 24.3 Å². The summed E-state index contributed by atoms with van der Waals surface area (Å²) in [5.41, 5.74) is 0.689. The summed E-state index contributed by atoms with van der Waals surface area (Å²) in [6.07, 6.45) is 18.1. The molecular weight excluding hydrogens is 492 g/mol. The van der Waals surface area contributed by atoms with Crippen molar-refractivity contribution in [2.45, 2.75) is 183 Å². The van der Waals surface area contributed by atoms with Crippen LogP contribution < -0.4 is 10.6 Å². The zero-order chi connectivity index (χ0) is 31.4. The number of hydrogen-bond donors (Lipinski definition) is 2. The summed E-state index contributed by atoms with van der Waals surface area (Å²) in [6.45, 7) is 28.6. The summed E-state index contributed by atoms with van der Waals surface area (Å²) in [5, 5.41) is 6.97. The maximum absolute atomic E-state index is 12.5. The van der Waals surface area contributed by atoms with Crippen molar-refractivity contribution >= 4 is 11.6 Å². The molecule has 4 heteroatoms. The van der Waals surface area contributed by atoms with Gasteiger partial charge in [0, 0.05) is 23.9 Å². The second-order valence-electron chi connectivity index (χ2n) is 13.8. The first kappa shape index (κ1) is 40.9. The molecule has 0 heterocycles. The molecular formula is C36H70N2O2. The molecule has 4 nitrogen and oxygen atoms in total. The Morgan fingerprint density at radius 2 is 0.975 bits per heavy atom. The average molecular weight is 563 g/mol. The monoisotopic (exact) mass is 563 g/mol. The van der Waals surface area contributed by atoms with Gasteiger partial charge < -0.3 is 10.6 Å². The largest absolute Gasteiger partial charge is 0.303 e. The van der Waals surface area contributed by atoms with Gasteiger partial charge in [0.25, 0.3) is 0 Å². The first-order chi connectivity index (χ1) is 18.5. The van der Waals surface area contributed by atoms with Crippen molar-refractivity contribution in [2.75, 3.05) is 0 Å². The van der Waals surface area contributed by atoms with Crippen molar-refractivity contribution in [3.8, 4) is 0 Å². The van der Waals surface area contributed by atoms with Gasteiger partial charge in [-0.15, -0.1) is 6.58 Å². The lowest BCUT2D eigenvalue weighted by molar-refractivity contribution is -0.129. The summed E-state index contributed by atoms with van der Waals surface area (Å²) >= 11 is 0. The Morgan fingerprint density at radius 3 is 1.27 bits per heavy atom. The van der Waals surface area contributed by atoms with Gasteiger partial charge in [0.15, 0.2) is 11.6 Å². The summed E-state index contributed by atoms with van der Waals surface area (Å²) in [7, 11) is 0. The summed E-state index contributed by atoms with van der Waals surface area (Å²) in [5.74, 6) is 0.879. The molecule has 0 aliphatic carbocycles. The third kappa shape index (κ3) is 19.8. The van der Waals surface area contributed by atoms with Gasteiger partial charge >= 0.3 is 0 Å². The van der Waals surface area contributed by atoms with Gasteiger partial charge in [-0.25, -0.2) is 0 Å². The fourth-order valence-electron chi connectivity index (χ4n) is 5.57. The van der Waals surface area contributed by atoms with E-state index in [0.717, 1.165) is 32.1 Å². The van der Waals surface area contributed by atoms with Crippen molar-refractivity contribution in [1.29, 1.82) is 0 Å². The van der Waals surface area contributed by atoms with E-state index in [9.17, 15) is 9.59 Å². The SMILES string of the molecule is C=CCCCCCC[C@@](C)(NC(C)C)C(=O)C(C)C.CC(C)=CCCCCCC[C@@](C)(NC(C)C)C(=O)C(C)C. The number of unbranched alkanes of at least 4 members (excludes halogenated alkanes) is 8. The molecule has 0 bridgehead atoms. The molecule has 0 aromatic carbocycles. The quantitative estimate of drug-likeness (QED) is 0.102. The second-order valence-corrected chi connectivity index (χ2v) is 13.8. The summed E-state index contributed by atoms with van der Waals surface area (Å²) < 4.78 is 0. The van der Waals surface area contributed by atoms with Crippen LogP contribution in [0.3, 0.4) is 0 Å². The van der Waals surface area contributed by atoms with Crippen LogP contribution in [0.4, 0.5) is 0 Å². The van der Waals surface area contributed by atoms with Crippen LogP contribution in [0.2, 0.25) is 0 Å². The van der Waals surface area contributed by atoms with E-state index < -0.39 is 0 Å². The highest BCUT2D eigenvalue weighted by atomic mass is 16.1. The molecule has 0 aliphatic rings. The third-order valence-electron chi connectivity index (χ3n) is 7.37. The Bertz CT molecular complexity index is 718. The standard InChI is InChI=1S/C19H37NO.C17H33NO/c1-15(2)13-11-9-8-10-12-14-19(7,20-17(5)6)18(21)16(3)4;1-7-8-9-10-11-12-13-17(6,18-15(4)5)16(19)14(2)3/h13,16-17,20H,8-12,14H2,1-7H3;7,14-15,18H,1,8-13H2,2-6H3/t19-;17-/m11/s1. The van der Waals surface area contributed by atoms with E-state index in [2.05, 4.69) is 78.7 Å².